The molecule has 2 rings (SSSR count). The van der Waals surface area contributed by atoms with Crippen molar-refractivity contribution < 1.29 is 4.74 Å². The van der Waals surface area contributed by atoms with Gasteiger partial charge in [-0.1, -0.05) is 37.4 Å². The van der Waals surface area contributed by atoms with Gasteiger partial charge in [0.15, 0.2) is 0 Å². The van der Waals surface area contributed by atoms with Gasteiger partial charge in [0.2, 0.25) is 0 Å². The molecule has 0 aliphatic carbocycles. The Kier molecular flexibility index (Phi) is 11.3. The molecule has 1 aromatic carbocycles. The van der Waals surface area contributed by atoms with Gasteiger partial charge in [-0.2, -0.15) is 0 Å². The van der Waals surface area contributed by atoms with Gasteiger partial charge in [0.05, 0.1) is 12.1 Å². The van der Waals surface area contributed by atoms with E-state index in [0.717, 1.165) is 31.9 Å². The summed E-state index contributed by atoms with van der Waals surface area (Å²) in [7, 11) is 1.68. The molecule has 22 heavy (non-hydrogen) atoms. The Labute approximate surface area is 151 Å². The molecule has 0 radical (unpaired) electrons. The van der Waals surface area contributed by atoms with Crippen LogP contribution in [0, 0.1) is 0 Å². The van der Waals surface area contributed by atoms with E-state index >= 15 is 0 Å². The third-order valence-electron chi connectivity index (χ3n) is 3.98. The highest BCUT2D eigenvalue weighted by Gasteiger charge is 2.22. The summed E-state index contributed by atoms with van der Waals surface area (Å²) >= 11 is 6.14. The van der Waals surface area contributed by atoms with E-state index in [9.17, 15) is 0 Å². The molecular weight excluding hydrogens is 343 g/mol. The second-order valence-corrected chi connectivity index (χ2v) is 5.75. The first-order valence-electron chi connectivity index (χ1n) is 7.54. The maximum atomic E-state index is 6.14. The number of halogens is 3. The van der Waals surface area contributed by atoms with Crippen LogP contribution in [0.1, 0.15) is 37.8 Å². The van der Waals surface area contributed by atoms with Gasteiger partial charge in [0.25, 0.3) is 0 Å². The van der Waals surface area contributed by atoms with Crippen LogP contribution in [0.4, 0.5) is 0 Å². The van der Waals surface area contributed by atoms with Gasteiger partial charge in [-0.05, 0) is 24.1 Å². The van der Waals surface area contributed by atoms with Gasteiger partial charge < -0.3 is 10.1 Å². The Hall–Kier alpha value is -0.190. The molecule has 0 saturated carbocycles. The third kappa shape index (κ3) is 5.78. The molecule has 0 bridgehead atoms. The minimum atomic E-state index is 0. The number of hydrogen-bond acceptors (Lipinski definition) is 3. The molecule has 6 heteroatoms. The topological polar surface area (TPSA) is 24.5 Å². The highest BCUT2D eigenvalue weighted by atomic mass is 35.5. The zero-order chi connectivity index (χ0) is 14.4. The van der Waals surface area contributed by atoms with Crippen molar-refractivity contribution in [1.29, 1.82) is 0 Å². The lowest BCUT2D eigenvalue weighted by atomic mass is 9.98. The highest BCUT2D eigenvalue weighted by molar-refractivity contribution is 6.32. The minimum Gasteiger partial charge on any atom is -0.495 e. The summed E-state index contributed by atoms with van der Waals surface area (Å²) in [4.78, 5) is 2.58. The number of nitrogens with one attached hydrogen (secondary N) is 1. The van der Waals surface area contributed by atoms with Crippen LogP contribution in [-0.2, 0) is 0 Å². The fraction of sp³-hybridized carbons (Fsp3) is 0.625. The third-order valence-corrected chi connectivity index (χ3v) is 4.30. The van der Waals surface area contributed by atoms with Crippen molar-refractivity contribution in [2.45, 2.75) is 32.2 Å². The molecular formula is C16H27Cl3N2O. The Morgan fingerprint density at radius 3 is 2.55 bits per heavy atom. The van der Waals surface area contributed by atoms with Crippen molar-refractivity contribution in [2.24, 2.45) is 0 Å². The number of hydrogen-bond donors (Lipinski definition) is 1. The van der Waals surface area contributed by atoms with Crippen molar-refractivity contribution >= 4 is 36.4 Å². The van der Waals surface area contributed by atoms with Gasteiger partial charge in [0.1, 0.15) is 5.75 Å². The van der Waals surface area contributed by atoms with E-state index in [1.54, 1.807) is 7.11 Å². The molecule has 1 saturated heterocycles. The molecule has 1 aliphatic heterocycles. The fourth-order valence-corrected chi connectivity index (χ4v) is 3.03. The molecule has 1 N–H and O–H groups in total. The number of piperazine rings is 1. The maximum Gasteiger partial charge on any atom is 0.137 e. The van der Waals surface area contributed by atoms with Crippen LogP contribution < -0.4 is 10.1 Å². The van der Waals surface area contributed by atoms with Gasteiger partial charge in [0, 0.05) is 32.2 Å². The summed E-state index contributed by atoms with van der Waals surface area (Å²) in [6.45, 7) is 6.62. The fourth-order valence-electron chi connectivity index (χ4n) is 2.83. The van der Waals surface area contributed by atoms with E-state index in [1.165, 1.54) is 24.8 Å². The highest BCUT2D eigenvalue weighted by Crippen LogP contribution is 2.32. The lowest BCUT2D eigenvalue weighted by molar-refractivity contribution is 0.163. The number of benzene rings is 1. The summed E-state index contributed by atoms with van der Waals surface area (Å²) in [6, 6.07) is 6.68. The average molecular weight is 370 g/mol. The van der Waals surface area contributed by atoms with Gasteiger partial charge >= 0.3 is 0 Å². The van der Waals surface area contributed by atoms with Crippen LogP contribution in [0.25, 0.3) is 0 Å². The second kappa shape index (κ2) is 11.4. The SMILES string of the molecule is CCCC[C@H](c1ccc(Cl)c(OC)c1)N1CCNCC1.Cl.Cl. The number of methoxy groups -OCH3 is 1. The van der Waals surface area contributed by atoms with Crippen molar-refractivity contribution in [3.8, 4) is 5.75 Å². The van der Waals surface area contributed by atoms with Crippen LogP contribution in [0.15, 0.2) is 18.2 Å². The first-order chi connectivity index (χ1) is 9.76. The standard InChI is InChI=1S/C16H25ClN2O.2ClH/c1-3-4-5-15(19-10-8-18-9-11-19)13-6-7-14(17)16(12-13)20-2;;/h6-7,12,15,18H,3-5,8-11H2,1-2H3;2*1H/t15-;;/m1../s1. The first-order valence-corrected chi connectivity index (χ1v) is 7.92. The van der Waals surface area contributed by atoms with E-state index < -0.39 is 0 Å². The monoisotopic (exact) mass is 368 g/mol. The Morgan fingerprint density at radius 1 is 1.27 bits per heavy atom. The quantitative estimate of drug-likeness (QED) is 0.807. The molecule has 1 fully saturated rings. The molecule has 128 valence electrons. The van der Waals surface area contributed by atoms with Crippen molar-refractivity contribution in [3.63, 3.8) is 0 Å². The molecule has 1 heterocycles. The molecule has 0 spiro atoms. The van der Waals surface area contributed by atoms with Crippen molar-refractivity contribution in [1.82, 2.24) is 10.2 Å². The largest absolute Gasteiger partial charge is 0.495 e. The maximum absolute atomic E-state index is 6.14. The van der Waals surface area contributed by atoms with Crippen LogP contribution in [-0.4, -0.2) is 38.2 Å². The van der Waals surface area contributed by atoms with Crippen molar-refractivity contribution in [3.05, 3.63) is 28.8 Å². The molecule has 0 aromatic heterocycles. The number of ether oxygens (including phenoxy) is 1. The molecule has 0 amide bonds. The Bertz CT molecular complexity index is 426. The van der Waals surface area contributed by atoms with Gasteiger partial charge in [-0.15, -0.1) is 24.8 Å². The van der Waals surface area contributed by atoms with Crippen LogP contribution in [0.5, 0.6) is 5.75 Å². The van der Waals surface area contributed by atoms with Gasteiger partial charge in [-0.3, -0.25) is 4.90 Å². The Morgan fingerprint density at radius 2 is 1.95 bits per heavy atom. The summed E-state index contributed by atoms with van der Waals surface area (Å²) in [5.74, 6) is 0.779. The zero-order valence-corrected chi connectivity index (χ0v) is 15.7. The Balaban J connectivity index is 0.00000220. The summed E-state index contributed by atoms with van der Waals surface area (Å²) in [5, 5.41) is 4.11. The van der Waals surface area contributed by atoms with Crippen LogP contribution in [0.2, 0.25) is 5.02 Å². The summed E-state index contributed by atoms with van der Waals surface area (Å²) < 4.78 is 5.36. The lowest BCUT2D eigenvalue weighted by Gasteiger charge is -2.35. The van der Waals surface area contributed by atoms with Crippen LogP contribution >= 0.6 is 36.4 Å². The van der Waals surface area contributed by atoms with E-state index in [4.69, 9.17) is 16.3 Å². The van der Waals surface area contributed by atoms with Crippen molar-refractivity contribution in [2.75, 3.05) is 33.3 Å². The molecule has 1 aliphatic rings. The van der Waals surface area contributed by atoms with E-state index in [1.807, 2.05) is 6.07 Å². The predicted molar refractivity (Wildman–Crippen MR) is 99.2 cm³/mol. The normalized spacial score (nSPS) is 16.3. The summed E-state index contributed by atoms with van der Waals surface area (Å²) in [6.07, 6.45) is 3.67. The molecule has 3 nitrogen and oxygen atoms in total. The first kappa shape index (κ1) is 21.8. The number of nitrogens with zero attached hydrogens (tertiary/aromatic N) is 1. The van der Waals surface area contributed by atoms with Crippen LogP contribution in [0.3, 0.4) is 0 Å². The summed E-state index contributed by atoms with van der Waals surface area (Å²) in [5.41, 5.74) is 1.32. The smallest absolute Gasteiger partial charge is 0.137 e. The molecule has 0 unspecified atom stereocenters. The lowest BCUT2D eigenvalue weighted by Crippen LogP contribution is -2.45. The average Bonchev–Trinajstić information content (AvgIpc) is 2.50. The number of unbranched alkanes of at least 4 members (excludes halogenated alkanes) is 1. The second-order valence-electron chi connectivity index (χ2n) is 5.34. The molecule has 1 aromatic rings. The van der Waals surface area contributed by atoms with E-state index in [2.05, 4.69) is 29.3 Å². The van der Waals surface area contributed by atoms with E-state index in [-0.39, 0.29) is 24.8 Å². The zero-order valence-electron chi connectivity index (χ0n) is 13.3. The molecule has 1 atom stereocenters. The predicted octanol–water partition coefficient (Wildman–Crippen LogP) is 4.33. The number of rotatable bonds is 6. The van der Waals surface area contributed by atoms with Gasteiger partial charge in [-0.25, -0.2) is 0 Å². The van der Waals surface area contributed by atoms with E-state index in [0.29, 0.717) is 11.1 Å². The minimum absolute atomic E-state index is 0.